The van der Waals surface area contributed by atoms with Crippen LogP contribution in [0.25, 0.3) is 0 Å². The van der Waals surface area contributed by atoms with Crippen LogP contribution in [0.3, 0.4) is 0 Å². The fraction of sp³-hybridized carbons (Fsp3) is 1.00. The summed E-state index contributed by atoms with van der Waals surface area (Å²) < 4.78 is 19.9. The number of hydrogen-bond acceptors (Lipinski definition) is 5. The molecule has 0 spiro atoms. The Morgan fingerprint density at radius 2 is 1.60 bits per heavy atom. The van der Waals surface area contributed by atoms with Gasteiger partial charge in [0.1, 0.15) is 8.77 Å². The van der Waals surface area contributed by atoms with Gasteiger partial charge in [-0.1, -0.05) is 0 Å². The zero-order valence-corrected chi connectivity index (χ0v) is 10.3. The number of aliphatic hydroxyl groups is 1. The van der Waals surface area contributed by atoms with Crippen LogP contribution in [0.4, 0.5) is 0 Å². The van der Waals surface area contributed by atoms with Crippen molar-refractivity contribution in [1.82, 2.24) is 9.80 Å². The fourth-order valence-corrected chi connectivity index (χ4v) is 2.33. The maximum absolute atomic E-state index is 10.9. The molecule has 7 heteroatoms. The number of nitrogens with zero attached hydrogens (tertiary/aromatic N) is 2. The molecule has 1 heterocycles. The minimum absolute atomic E-state index is 0.169. The molecule has 90 valence electrons. The van der Waals surface area contributed by atoms with Crippen LogP contribution in [0, 0.1) is 0 Å². The van der Waals surface area contributed by atoms with Crippen LogP contribution in [0.2, 0.25) is 0 Å². The minimum Gasteiger partial charge on any atom is -0.395 e. The monoisotopic (exact) mass is 254 g/mol. The molecular formula is C8H18N2O3S2. The van der Waals surface area contributed by atoms with Gasteiger partial charge in [-0.3, -0.25) is 9.80 Å². The molecule has 1 rings (SSSR count). The molecule has 1 aliphatic heterocycles. The zero-order valence-electron chi connectivity index (χ0n) is 8.67. The molecule has 2 N–H and O–H groups in total. The molecule has 1 unspecified atom stereocenters. The van der Waals surface area contributed by atoms with Crippen LogP contribution < -0.4 is 0 Å². The van der Waals surface area contributed by atoms with Gasteiger partial charge < -0.3 is 9.66 Å². The van der Waals surface area contributed by atoms with Crippen LogP contribution in [0.15, 0.2) is 0 Å². The van der Waals surface area contributed by atoms with Gasteiger partial charge in [-0.05, 0) is 0 Å². The van der Waals surface area contributed by atoms with Gasteiger partial charge >= 0.3 is 0 Å². The third-order valence-corrected chi connectivity index (χ3v) is 3.75. The van der Waals surface area contributed by atoms with E-state index in [0.29, 0.717) is 13.1 Å². The Morgan fingerprint density at radius 1 is 1.13 bits per heavy atom. The van der Waals surface area contributed by atoms with Crippen LogP contribution in [-0.2, 0) is 20.0 Å². The molecule has 0 saturated carbocycles. The lowest BCUT2D eigenvalue weighted by atomic mass is 10.3. The van der Waals surface area contributed by atoms with E-state index in [4.69, 9.17) is 9.66 Å². The topological polar surface area (TPSA) is 64.0 Å². The summed E-state index contributed by atoms with van der Waals surface area (Å²) in [5.41, 5.74) is 0. The molecule has 1 aliphatic rings. The summed E-state index contributed by atoms with van der Waals surface area (Å²) in [7, 11) is -3.01. The van der Waals surface area contributed by atoms with Crippen LogP contribution >= 0.6 is 0 Å². The predicted octanol–water partition coefficient (Wildman–Crippen LogP) is -1.18. The second-order valence-electron chi connectivity index (χ2n) is 3.69. The maximum atomic E-state index is 10.9. The molecule has 0 aliphatic carbocycles. The first kappa shape index (κ1) is 13.3. The lowest BCUT2D eigenvalue weighted by Gasteiger charge is -2.34. The Morgan fingerprint density at radius 3 is 2.00 bits per heavy atom. The SMILES string of the molecule is O=S(O)(=S)CCN1CCN(CCO)CC1. The van der Waals surface area contributed by atoms with E-state index in [1.165, 1.54) is 0 Å². The quantitative estimate of drug-likeness (QED) is 0.644. The van der Waals surface area contributed by atoms with E-state index in [1.807, 2.05) is 0 Å². The number of piperazine rings is 1. The molecule has 1 fully saturated rings. The first-order valence-electron chi connectivity index (χ1n) is 5.02. The van der Waals surface area contributed by atoms with Crippen molar-refractivity contribution in [2.24, 2.45) is 0 Å². The van der Waals surface area contributed by atoms with E-state index >= 15 is 0 Å². The van der Waals surface area contributed by atoms with E-state index in [2.05, 4.69) is 21.0 Å². The first-order valence-corrected chi connectivity index (χ1v) is 7.63. The van der Waals surface area contributed by atoms with E-state index in [-0.39, 0.29) is 12.4 Å². The number of aliphatic hydroxyl groups excluding tert-OH is 1. The van der Waals surface area contributed by atoms with Crippen molar-refractivity contribution in [1.29, 1.82) is 0 Å². The molecule has 0 aromatic carbocycles. The summed E-state index contributed by atoms with van der Waals surface area (Å²) >= 11 is 4.43. The van der Waals surface area contributed by atoms with Gasteiger partial charge in [0.15, 0.2) is 0 Å². The van der Waals surface area contributed by atoms with Gasteiger partial charge in [0.2, 0.25) is 0 Å². The highest BCUT2D eigenvalue weighted by molar-refractivity contribution is 8.29. The third kappa shape index (κ3) is 5.74. The second-order valence-corrected chi connectivity index (χ2v) is 6.83. The predicted molar refractivity (Wildman–Crippen MR) is 63.0 cm³/mol. The smallest absolute Gasteiger partial charge is 0.142 e. The Labute approximate surface area is 95.6 Å². The molecule has 5 nitrogen and oxygen atoms in total. The van der Waals surface area contributed by atoms with Crippen molar-refractivity contribution in [2.45, 2.75) is 0 Å². The van der Waals surface area contributed by atoms with E-state index in [1.54, 1.807) is 0 Å². The molecular weight excluding hydrogens is 236 g/mol. The molecule has 1 atom stereocenters. The van der Waals surface area contributed by atoms with Crippen molar-refractivity contribution in [3.05, 3.63) is 0 Å². The van der Waals surface area contributed by atoms with Crippen LogP contribution in [0.1, 0.15) is 0 Å². The Bertz CT molecular complexity index is 274. The summed E-state index contributed by atoms with van der Waals surface area (Å²) in [5.74, 6) is 0.169. The number of hydrogen-bond donors (Lipinski definition) is 2. The van der Waals surface area contributed by atoms with E-state index in [0.717, 1.165) is 26.2 Å². The van der Waals surface area contributed by atoms with Crippen LogP contribution in [0.5, 0.6) is 0 Å². The highest BCUT2D eigenvalue weighted by Crippen LogP contribution is 2.01. The zero-order chi connectivity index (χ0) is 11.3. The van der Waals surface area contributed by atoms with Gasteiger partial charge in [-0.15, -0.1) is 0 Å². The minimum atomic E-state index is -3.01. The molecule has 0 bridgehead atoms. The van der Waals surface area contributed by atoms with Gasteiger partial charge in [0, 0.05) is 50.5 Å². The van der Waals surface area contributed by atoms with Crippen LogP contribution in [-0.4, -0.2) is 75.3 Å². The Balaban J connectivity index is 2.20. The summed E-state index contributed by atoms with van der Waals surface area (Å²) in [6.07, 6.45) is 0. The normalized spacial score (nSPS) is 23.9. The summed E-state index contributed by atoms with van der Waals surface area (Å²) in [5, 5.41) is 8.75. The highest BCUT2D eigenvalue weighted by Gasteiger charge is 2.16. The van der Waals surface area contributed by atoms with Gasteiger partial charge in [0.05, 0.1) is 12.4 Å². The summed E-state index contributed by atoms with van der Waals surface area (Å²) in [4.78, 5) is 4.32. The summed E-state index contributed by atoms with van der Waals surface area (Å²) in [6, 6.07) is 0. The maximum Gasteiger partial charge on any atom is 0.142 e. The molecule has 0 radical (unpaired) electrons. The Hall–Kier alpha value is 0.210. The van der Waals surface area contributed by atoms with Crippen molar-refractivity contribution < 1.29 is 13.9 Å². The lowest BCUT2D eigenvalue weighted by Crippen LogP contribution is -2.48. The lowest BCUT2D eigenvalue weighted by molar-refractivity contribution is 0.116. The molecule has 0 amide bonds. The largest absolute Gasteiger partial charge is 0.395 e. The van der Waals surface area contributed by atoms with Gasteiger partial charge in [0.25, 0.3) is 0 Å². The molecule has 15 heavy (non-hydrogen) atoms. The summed E-state index contributed by atoms with van der Waals surface area (Å²) in [6.45, 7) is 5.07. The first-order chi connectivity index (χ1) is 7.01. The Kier molecular flexibility index (Phi) is 5.37. The van der Waals surface area contributed by atoms with Crippen molar-refractivity contribution >= 4 is 20.0 Å². The van der Waals surface area contributed by atoms with E-state index < -0.39 is 8.77 Å². The molecule has 0 aromatic heterocycles. The highest BCUT2D eigenvalue weighted by atomic mass is 32.8. The van der Waals surface area contributed by atoms with Gasteiger partial charge in [-0.2, -0.15) is 0 Å². The number of rotatable bonds is 5. The average molecular weight is 254 g/mol. The third-order valence-electron chi connectivity index (χ3n) is 2.55. The van der Waals surface area contributed by atoms with E-state index in [9.17, 15) is 4.21 Å². The van der Waals surface area contributed by atoms with Crippen molar-refractivity contribution in [2.75, 3.05) is 51.6 Å². The number of β-amino-alcohol motifs (C(OH)–C–C–N with tert-alkyl or cyclic N) is 1. The fourth-order valence-electron chi connectivity index (χ4n) is 1.62. The molecule has 0 aromatic rings. The second kappa shape index (κ2) is 6.07. The standard InChI is InChI=1S/C8H18N2O3S2/c11-7-5-9-1-3-10(4-2-9)6-8-15(12,13)14/h11H,1-8H2,(H,12,13,14). The average Bonchev–Trinajstić information content (AvgIpc) is 2.16. The van der Waals surface area contributed by atoms with Gasteiger partial charge in [-0.25, -0.2) is 4.21 Å². The molecule has 1 saturated heterocycles. The van der Waals surface area contributed by atoms with Crippen molar-refractivity contribution in [3.8, 4) is 0 Å². The van der Waals surface area contributed by atoms with Crippen molar-refractivity contribution in [3.63, 3.8) is 0 Å².